The molecule has 2 N–H and O–H groups in total. The van der Waals surface area contributed by atoms with Gasteiger partial charge in [0.1, 0.15) is 0 Å². The fourth-order valence-corrected chi connectivity index (χ4v) is 5.55. The summed E-state index contributed by atoms with van der Waals surface area (Å²) in [5.41, 5.74) is 3.96. The molecular weight excluding hydrogens is 438 g/mol. The van der Waals surface area contributed by atoms with Crippen molar-refractivity contribution >= 4 is 22.7 Å². The number of nitrogens with zero attached hydrogens (tertiary/aromatic N) is 3. The molecule has 0 bridgehead atoms. The summed E-state index contributed by atoms with van der Waals surface area (Å²) >= 11 is 0. The van der Waals surface area contributed by atoms with E-state index in [1.54, 1.807) is 17.1 Å². The molecule has 1 spiro atoms. The summed E-state index contributed by atoms with van der Waals surface area (Å²) in [6, 6.07) is 18.0. The molecule has 2 amide bonds. The molecule has 1 saturated heterocycles. The lowest BCUT2D eigenvalue weighted by Gasteiger charge is -2.32. The molecule has 2 aromatic carbocycles. The summed E-state index contributed by atoms with van der Waals surface area (Å²) in [6.07, 6.45) is 8.97. The minimum atomic E-state index is 0.0161. The third kappa shape index (κ3) is 4.11. The molecule has 0 radical (unpaired) electrons. The number of aromatic nitrogens is 3. The average molecular weight is 468 g/mol. The lowest BCUT2D eigenvalue weighted by atomic mass is 9.90. The first-order valence-corrected chi connectivity index (χ1v) is 12.4. The van der Waals surface area contributed by atoms with Crippen LogP contribution in [0, 0.1) is 11.3 Å². The van der Waals surface area contributed by atoms with Crippen LogP contribution < -0.4 is 5.32 Å². The maximum atomic E-state index is 13.0. The molecule has 7 nitrogen and oxygen atoms in total. The van der Waals surface area contributed by atoms with E-state index in [2.05, 4.69) is 27.5 Å². The molecule has 2 aliphatic rings. The first-order chi connectivity index (χ1) is 17.1. The number of nitrogens with one attached hydrogen (secondary N) is 2. The minimum absolute atomic E-state index is 0.0161. The number of carbonyl (C=O) groups excluding carboxylic acids is 2. The van der Waals surface area contributed by atoms with Gasteiger partial charge in [0.25, 0.3) is 5.91 Å². The maximum absolute atomic E-state index is 13.0. The Hall–Kier alpha value is -3.87. The number of amides is 2. The van der Waals surface area contributed by atoms with Crippen molar-refractivity contribution in [2.24, 2.45) is 11.3 Å². The monoisotopic (exact) mass is 467 g/mol. The molecule has 1 aliphatic heterocycles. The van der Waals surface area contributed by atoms with E-state index in [0.29, 0.717) is 25.2 Å². The van der Waals surface area contributed by atoms with Crippen LogP contribution in [0.2, 0.25) is 0 Å². The molecule has 1 unspecified atom stereocenters. The molecule has 35 heavy (non-hydrogen) atoms. The van der Waals surface area contributed by atoms with Gasteiger partial charge in [-0.1, -0.05) is 36.4 Å². The zero-order valence-corrected chi connectivity index (χ0v) is 19.6. The van der Waals surface area contributed by atoms with Gasteiger partial charge in [0.15, 0.2) is 0 Å². The van der Waals surface area contributed by atoms with Gasteiger partial charge in [0.2, 0.25) is 5.91 Å². The second-order valence-corrected chi connectivity index (χ2v) is 9.82. The van der Waals surface area contributed by atoms with E-state index in [0.717, 1.165) is 36.9 Å². The van der Waals surface area contributed by atoms with Crippen LogP contribution in [0.4, 0.5) is 0 Å². The van der Waals surface area contributed by atoms with Gasteiger partial charge in [0, 0.05) is 48.8 Å². The van der Waals surface area contributed by atoms with Crippen molar-refractivity contribution in [1.29, 1.82) is 0 Å². The highest BCUT2D eigenvalue weighted by Gasteiger charge is 2.58. The molecule has 4 aromatic rings. The van der Waals surface area contributed by atoms with Crippen LogP contribution in [0.5, 0.6) is 0 Å². The molecule has 2 aromatic heterocycles. The summed E-state index contributed by atoms with van der Waals surface area (Å²) < 4.78 is 1.73. The van der Waals surface area contributed by atoms with Gasteiger partial charge in [-0.15, -0.1) is 0 Å². The second-order valence-electron chi connectivity index (χ2n) is 9.82. The number of fused-ring (bicyclic) bond motifs is 1. The van der Waals surface area contributed by atoms with Crippen molar-refractivity contribution in [3.63, 3.8) is 0 Å². The second kappa shape index (κ2) is 8.73. The number of benzene rings is 2. The summed E-state index contributed by atoms with van der Waals surface area (Å²) in [6.45, 7) is 2.02. The molecule has 1 atom stereocenters. The van der Waals surface area contributed by atoms with Crippen molar-refractivity contribution in [1.82, 2.24) is 25.0 Å². The Balaban J connectivity index is 0.998. The molecule has 1 saturated carbocycles. The Bertz CT molecular complexity index is 1360. The van der Waals surface area contributed by atoms with E-state index in [4.69, 9.17) is 0 Å². The summed E-state index contributed by atoms with van der Waals surface area (Å²) in [5.74, 6) is 0.250. The van der Waals surface area contributed by atoms with Crippen LogP contribution in [-0.2, 0) is 11.2 Å². The number of rotatable bonds is 6. The normalized spacial score (nSPS) is 18.6. The summed E-state index contributed by atoms with van der Waals surface area (Å²) in [7, 11) is 0. The predicted octanol–water partition coefficient (Wildman–Crippen LogP) is 3.95. The quantitative estimate of drug-likeness (QED) is 0.450. The van der Waals surface area contributed by atoms with Crippen molar-refractivity contribution < 1.29 is 9.59 Å². The van der Waals surface area contributed by atoms with Crippen molar-refractivity contribution in [3.05, 3.63) is 84.3 Å². The van der Waals surface area contributed by atoms with Gasteiger partial charge >= 0.3 is 0 Å². The number of H-pyrrole nitrogens is 1. The van der Waals surface area contributed by atoms with Crippen LogP contribution in [-0.4, -0.2) is 51.1 Å². The SMILES string of the molecule is O=C(NCCc1c[nH]c2ccccc12)C1CC12CCN(C(=O)c1cnn(-c3ccccc3)c1)CC2. The molecule has 178 valence electrons. The molecule has 6 rings (SSSR count). The van der Waals surface area contributed by atoms with Crippen LogP contribution in [0.3, 0.4) is 0 Å². The number of aromatic amines is 1. The molecule has 7 heteroatoms. The Kier molecular flexibility index (Phi) is 5.40. The van der Waals surface area contributed by atoms with E-state index < -0.39 is 0 Å². The Morgan fingerprint density at radius 2 is 1.83 bits per heavy atom. The fourth-order valence-electron chi connectivity index (χ4n) is 5.55. The topological polar surface area (TPSA) is 83.0 Å². The van der Waals surface area contributed by atoms with Crippen LogP contribution in [0.1, 0.15) is 35.2 Å². The highest BCUT2D eigenvalue weighted by Crippen LogP contribution is 2.59. The Labute approximate surface area is 204 Å². The zero-order valence-electron chi connectivity index (χ0n) is 19.6. The van der Waals surface area contributed by atoms with Gasteiger partial charge in [-0.05, 0) is 54.9 Å². The van der Waals surface area contributed by atoms with Gasteiger partial charge in [-0.2, -0.15) is 5.10 Å². The maximum Gasteiger partial charge on any atom is 0.257 e. The number of piperidine rings is 1. The first kappa shape index (κ1) is 21.6. The first-order valence-electron chi connectivity index (χ1n) is 12.4. The average Bonchev–Trinajstić information content (AvgIpc) is 3.23. The van der Waals surface area contributed by atoms with Crippen molar-refractivity contribution in [3.8, 4) is 5.69 Å². The number of para-hydroxylation sites is 2. The van der Waals surface area contributed by atoms with E-state index in [1.807, 2.05) is 53.6 Å². The molecule has 2 fully saturated rings. The molecule has 1 aliphatic carbocycles. The van der Waals surface area contributed by atoms with Gasteiger partial charge in [0.05, 0.1) is 17.4 Å². The standard InChI is InChI=1S/C28H29N5O2/c34-26(29-13-10-20-17-30-25-9-5-4-8-23(20)25)24-16-28(24)11-14-32(15-12-28)27(35)21-18-31-33(19-21)22-6-2-1-3-7-22/h1-9,17-19,24,30H,10-16H2,(H,29,34). The number of likely N-dealkylation sites (tertiary alicyclic amines) is 1. The minimum Gasteiger partial charge on any atom is -0.361 e. The van der Waals surface area contributed by atoms with Gasteiger partial charge < -0.3 is 15.2 Å². The number of carbonyl (C=O) groups is 2. The smallest absolute Gasteiger partial charge is 0.257 e. The van der Waals surface area contributed by atoms with Gasteiger partial charge in [-0.3, -0.25) is 9.59 Å². The van der Waals surface area contributed by atoms with Crippen LogP contribution in [0.25, 0.3) is 16.6 Å². The molecule has 3 heterocycles. The van der Waals surface area contributed by atoms with Crippen LogP contribution in [0.15, 0.2) is 73.2 Å². The third-order valence-electron chi connectivity index (χ3n) is 7.77. The third-order valence-corrected chi connectivity index (χ3v) is 7.77. The number of hydrogen-bond acceptors (Lipinski definition) is 3. The Morgan fingerprint density at radius 3 is 2.66 bits per heavy atom. The predicted molar refractivity (Wildman–Crippen MR) is 134 cm³/mol. The summed E-state index contributed by atoms with van der Waals surface area (Å²) in [4.78, 5) is 31.1. The lowest BCUT2D eigenvalue weighted by molar-refractivity contribution is -0.123. The molecular formula is C28H29N5O2. The van der Waals surface area contributed by atoms with E-state index in [1.165, 1.54) is 10.9 Å². The Morgan fingerprint density at radius 1 is 1.06 bits per heavy atom. The van der Waals surface area contributed by atoms with E-state index in [9.17, 15) is 9.59 Å². The van der Waals surface area contributed by atoms with Crippen molar-refractivity contribution in [2.45, 2.75) is 25.7 Å². The highest BCUT2D eigenvalue weighted by atomic mass is 16.2. The van der Waals surface area contributed by atoms with E-state index in [-0.39, 0.29) is 23.1 Å². The fraction of sp³-hybridized carbons (Fsp3) is 0.321. The van der Waals surface area contributed by atoms with Gasteiger partial charge in [-0.25, -0.2) is 4.68 Å². The largest absolute Gasteiger partial charge is 0.361 e. The van der Waals surface area contributed by atoms with Crippen LogP contribution >= 0.6 is 0 Å². The lowest BCUT2D eigenvalue weighted by Crippen LogP contribution is -2.40. The van der Waals surface area contributed by atoms with E-state index >= 15 is 0 Å². The summed E-state index contributed by atoms with van der Waals surface area (Å²) in [5, 5.41) is 8.73. The highest BCUT2D eigenvalue weighted by molar-refractivity contribution is 5.94. The number of hydrogen-bond donors (Lipinski definition) is 2. The van der Waals surface area contributed by atoms with Crippen molar-refractivity contribution in [2.75, 3.05) is 19.6 Å². The zero-order chi connectivity index (χ0) is 23.8.